The molecule has 2 aliphatic rings. The van der Waals surface area contributed by atoms with Gasteiger partial charge in [0, 0.05) is 5.71 Å². The van der Waals surface area contributed by atoms with Crippen LogP contribution in [0.5, 0.6) is 0 Å². The molecule has 2 N–H and O–H groups in total. The van der Waals surface area contributed by atoms with Crippen LogP contribution in [0.4, 0.5) is 0 Å². The molecule has 1 heterocycles. The Bertz CT molecular complexity index is 319. The van der Waals surface area contributed by atoms with Gasteiger partial charge >= 0.3 is 0 Å². The number of hydrazone groups is 1. The molecule has 0 aromatic rings. The van der Waals surface area contributed by atoms with Gasteiger partial charge < -0.3 is 5.73 Å². The fourth-order valence-corrected chi connectivity index (χ4v) is 3.05. The SMILES string of the molecule is CC1=NN(C2CCCCCC2)C(=O)C1CCCN. The van der Waals surface area contributed by atoms with Gasteiger partial charge in [0.25, 0.3) is 5.91 Å². The standard InChI is InChI=1S/C14H25N3O/c1-11-13(9-6-10-15)14(18)17(16-11)12-7-4-2-3-5-8-12/h12-13H,2-10,15H2,1H3. The van der Waals surface area contributed by atoms with Crippen molar-refractivity contribution in [2.75, 3.05) is 6.54 Å². The summed E-state index contributed by atoms with van der Waals surface area (Å²) in [6.45, 7) is 2.64. The summed E-state index contributed by atoms with van der Waals surface area (Å²) < 4.78 is 0. The minimum absolute atomic E-state index is 0.00296. The molecule has 0 saturated heterocycles. The highest BCUT2D eigenvalue weighted by molar-refractivity contribution is 6.06. The van der Waals surface area contributed by atoms with E-state index in [0.29, 0.717) is 12.6 Å². The first-order valence-electron chi connectivity index (χ1n) is 7.32. The predicted molar refractivity (Wildman–Crippen MR) is 73.2 cm³/mol. The summed E-state index contributed by atoms with van der Waals surface area (Å²) in [7, 11) is 0. The van der Waals surface area contributed by atoms with Crippen LogP contribution in [0.25, 0.3) is 0 Å². The average Bonchev–Trinajstić information content (AvgIpc) is 2.60. The van der Waals surface area contributed by atoms with Crippen LogP contribution < -0.4 is 5.73 Å². The molecule has 1 atom stereocenters. The van der Waals surface area contributed by atoms with Gasteiger partial charge in [-0.2, -0.15) is 5.10 Å². The van der Waals surface area contributed by atoms with Crippen LogP contribution >= 0.6 is 0 Å². The first-order chi connectivity index (χ1) is 8.74. The van der Waals surface area contributed by atoms with Crippen molar-refractivity contribution >= 4 is 11.6 Å². The maximum absolute atomic E-state index is 12.4. The second kappa shape index (κ2) is 6.32. The lowest BCUT2D eigenvalue weighted by Gasteiger charge is -2.24. The molecule has 102 valence electrons. The van der Waals surface area contributed by atoms with E-state index in [9.17, 15) is 4.79 Å². The molecule has 1 aliphatic carbocycles. The van der Waals surface area contributed by atoms with Crippen LogP contribution in [0.3, 0.4) is 0 Å². The molecule has 4 heteroatoms. The number of nitrogens with zero attached hydrogens (tertiary/aromatic N) is 2. The van der Waals surface area contributed by atoms with E-state index in [1.807, 2.05) is 6.92 Å². The number of carbonyl (C=O) groups excluding carboxylic acids is 1. The third-order valence-corrected chi connectivity index (χ3v) is 4.16. The van der Waals surface area contributed by atoms with E-state index in [0.717, 1.165) is 31.4 Å². The summed E-state index contributed by atoms with van der Waals surface area (Å²) in [6, 6.07) is 0.345. The number of amides is 1. The first-order valence-corrected chi connectivity index (χ1v) is 7.32. The fourth-order valence-electron chi connectivity index (χ4n) is 3.05. The zero-order chi connectivity index (χ0) is 13.0. The van der Waals surface area contributed by atoms with E-state index in [2.05, 4.69) is 5.10 Å². The number of hydrogen-bond acceptors (Lipinski definition) is 3. The van der Waals surface area contributed by atoms with Crippen LogP contribution in [0.15, 0.2) is 5.10 Å². The Labute approximate surface area is 110 Å². The van der Waals surface area contributed by atoms with Crippen molar-refractivity contribution < 1.29 is 4.79 Å². The Morgan fingerprint density at radius 2 is 1.94 bits per heavy atom. The van der Waals surface area contributed by atoms with Gasteiger partial charge in [0.15, 0.2) is 0 Å². The van der Waals surface area contributed by atoms with Gasteiger partial charge in [-0.1, -0.05) is 25.7 Å². The van der Waals surface area contributed by atoms with Crippen molar-refractivity contribution in [1.29, 1.82) is 0 Å². The third-order valence-electron chi connectivity index (χ3n) is 4.16. The molecule has 0 spiro atoms. The van der Waals surface area contributed by atoms with E-state index in [1.54, 1.807) is 5.01 Å². The molecule has 2 rings (SSSR count). The molecular formula is C14H25N3O. The van der Waals surface area contributed by atoms with Crippen molar-refractivity contribution in [3.05, 3.63) is 0 Å². The summed E-state index contributed by atoms with van der Waals surface area (Å²) in [5.74, 6) is 0.213. The highest BCUT2D eigenvalue weighted by atomic mass is 16.2. The fraction of sp³-hybridized carbons (Fsp3) is 0.857. The lowest BCUT2D eigenvalue weighted by molar-refractivity contribution is -0.134. The van der Waals surface area contributed by atoms with Gasteiger partial charge in [0.2, 0.25) is 0 Å². The molecule has 1 fully saturated rings. The second-order valence-electron chi connectivity index (χ2n) is 5.55. The largest absolute Gasteiger partial charge is 0.330 e. The highest BCUT2D eigenvalue weighted by Crippen LogP contribution is 2.28. The van der Waals surface area contributed by atoms with Crippen molar-refractivity contribution in [1.82, 2.24) is 5.01 Å². The number of hydrogen-bond donors (Lipinski definition) is 1. The minimum Gasteiger partial charge on any atom is -0.330 e. The smallest absolute Gasteiger partial charge is 0.251 e. The Hall–Kier alpha value is -0.900. The topological polar surface area (TPSA) is 58.7 Å². The number of rotatable bonds is 4. The summed E-state index contributed by atoms with van der Waals surface area (Å²) in [5, 5.41) is 6.32. The zero-order valence-electron chi connectivity index (χ0n) is 11.4. The van der Waals surface area contributed by atoms with E-state index < -0.39 is 0 Å². The third kappa shape index (κ3) is 2.91. The van der Waals surface area contributed by atoms with Gasteiger partial charge in [0.1, 0.15) is 0 Å². The van der Waals surface area contributed by atoms with Crippen LogP contribution in [0, 0.1) is 5.92 Å². The minimum atomic E-state index is -0.00296. The van der Waals surface area contributed by atoms with Gasteiger partial charge in [-0.05, 0) is 39.2 Å². The monoisotopic (exact) mass is 251 g/mol. The summed E-state index contributed by atoms with van der Waals surface area (Å²) in [5.41, 5.74) is 6.51. The van der Waals surface area contributed by atoms with E-state index in [-0.39, 0.29) is 11.8 Å². The molecule has 0 aromatic carbocycles. The molecule has 1 aliphatic heterocycles. The summed E-state index contributed by atoms with van der Waals surface area (Å²) in [4.78, 5) is 12.4. The van der Waals surface area contributed by atoms with Crippen LogP contribution in [0.2, 0.25) is 0 Å². The van der Waals surface area contributed by atoms with Gasteiger partial charge in [-0.25, -0.2) is 5.01 Å². The van der Waals surface area contributed by atoms with Crippen LogP contribution in [-0.2, 0) is 4.79 Å². The molecule has 0 bridgehead atoms. The molecule has 4 nitrogen and oxygen atoms in total. The second-order valence-corrected chi connectivity index (χ2v) is 5.55. The molecule has 1 unspecified atom stereocenters. The van der Waals surface area contributed by atoms with Crippen molar-refractivity contribution in [3.8, 4) is 0 Å². The Morgan fingerprint density at radius 1 is 1.28 bits per heavy atom. The summed E-state index contributed by atoms with van der Waals surface area (Å²) in [6.07, 6.45) is 9.07. The van der Waals surface area contributed by atoms with Crippen molar-refractivity contribution in [2.24, 2.45) is 16.8 Å². The van der Waals surface area contributed by atoms with E-state index >= 15 is 0 Å². The molecule has 1 amide bonds. The first kappa shape index (κ1) is 13.5. The average molecular weight is 251 g/mol. The van der Waals surface area contributed by atoms with E-state index in [1.165, 1.54) is 25.7 Å². The number of nitrogens with two attached hydrogens (primary N) is 1. The quantitative estimate of drug-likeness (QED) is 0.779. The van der Waals surface area contributed by atoms with Crippen LogP contribution in [-0.4, -0.2) is 29.2 Å². The van der Waals surface area contributed by atoms with Crippen molar-refractivity contribution in [3.63, 3.8) is 0 Å². The Balaban J connectivity index is 1.99. The molecule has 18 heavy (non-hydrogen) atoms. The van der Waals surface area contributed by atoms with Gasteiger partial charge in [0.05, 0.1) is 12.0 Å². The molecule has 0 radical (unpaired) electrons. The normalized spacial score (nSPS) is 26.3. The van der Waals surface area contributed by atoms with E-state index in [4.69, 9.17) is 5.73 Å². The predicted octanol–water partition coefficient (Wildman–Crippen LogP) is 2.28. The van der Waals surface area contributed by atoms with Crippen molar-refractivity contribution in [2.45, 2.75) is 64.3 Å². The lowest BCUT2D eigenvalue weighted by atomic mass is 9.98. The molecule has 1 saturated carbocycles. The lowest BCUT2D eigenvalue weighted by Crippen LogP contribution is -2.35. The molecule has 0 aromatic heterocycles. The zero-order valence-corrected chi connectivity index (χ0v) is 11.4. The Morgan fingerprint density at radius 3 is 2.56 bits per heavy atom. The number of carbonyl (C=O) groups is 1. The Kier molecular flexibility index (Phi) is 4.75. The van der Waals surface area contributed by atoms with Gasteiger partial charge in [-0.15, -0.1) is 0 Å². The summed E-state index contributed by atoms with van der Waals surface area (Å²) >= 11 is 0. The maximum Gasteiger partial charge on any atom is 0.251 e. The molecular weight excluding hydrogens is 226 g/mol. The van der Waals surface area contributed by atoms with Crippen LogP contribution in [0.1, 0.15) is 58.3 Å². The van der Waals surface area contributed by atoms with Gasteiger partial charge in [-0.3, -0.25) is 4.79 Å². The highest BCUT2D eigenvalue weighted by Gasteiger charge is 2.36. The maximum atomic E-state index is 12.4.